The first kappa shape index (κ1) is 31.4. The number of nitrogens with zero attached hydrogens (tertiary/aromatic N) is 3. The number of piperidine rings is 1. The molecule has 3 aliphatic heterocycles. The molecule has 0 aromatic heterocycles. The van der Waals surface area contributed by atoms with Crippen LogP contribution in [0.3, 0.4) is 0 Å². The van der Waals surface area contributed by atoms with E-state index in [1.807, 2.05) is 17.9 Å². The lowest BCUT2D eigenvalue weighted by Gasteiger charge is -2.52. The van der Waals surface area contributed by atoms with Gasteiger partial charge in [-0.05, 0) is 68.7 Å². The van der Waals surface area contributed by atoms with Crippen LogP contribution in [0.2, 0.25) is 10.0 Å². The molecular formula is C33H41Cl2N3O6. The first-order valence-electron chi connectivity index (χ1n) is 15.9. The number of amides is 3. The summed E-state index contributed by atoms with van der Waals surface area (Å²) >= 11 is 12.8. The molecule has 11 heteroatoms. The second kappa shape index (κ2) is 12.6. The maximum Gasteiger partial charge on any atom is 0.320 e. The smallest absolute Gasteiger partial charge is 0.320 e. The monoisotopic (exact) mass is 645 g/mol. The Bertz CT molecular complexity index is 1350. The Hall–Kier alpha value is -2.62. The van der Waals surface area contributed by atoms with Gasteiger partial charge in [-0.2, -0.15) is 0 Å². The Labute approximate surface area is 268 Å². The first-order valence-corrected chi connectivity index (χ1v) is 16.7. The molecule has 2 saturated carbocycles. The predicted octanol–water partition coefficient (Wildman–Crippen LogP) is 4.83. The quantitative estimate of drug-likeness (QED) is 0.394. The number of hydrogen-bond donors (Lipinski definition) is 0. The number of likely N-dealkylation sites (tertiary alicyclic amines) is 1. The summed E-state index contributed by atoms with van der Waals surface area (Å²) in [5, 5.41) is 0.897. The van der Waals surface area contributed by atoms with Crippen molar-refractivity contribution in [2.75, 3.05) is 33.3 Å². The molecular weight excluding hydrogens is 605 g/mol. The molecule has 2 saturated heterocycles. The second-order valence-corrected chi connectivity index (χ2v) is 13.9. The fourth-order valence-electron chi connectivity index (χ4n) is 7.64. The van der Waals surface area contributed by atoms with E-state index in [2.05, 4.69) is 0 Å². The van der Waals surface area contributed by atoms with Crippen molar-refractivity contribution in [2.45, 2.75) is 77.0 Å². The summed E-state index contributed by atoms with van der Waals surface area (Å²) < 4.78 is 12.0. The van der Waals surface area contributed by atoms with E-state index in [-0.39, 0.29) is 49.1 Å². The van der Waals surface area contributed by atoms with Gasteiger partial charge in [0.15, 0.2) is 0 Å². The predicted molar refractivity (Wildman–Crippen MR) is 164 cm³/mol. The van der Waals surface area contributed by atoms with Gasteiger partial charge in [0.1, 0.15) is 5.41 Å². The van der Waals surface area contributed by atoms with Crippen molar-refractivity contribution in [1.82, 2.24) is 14.7 Å². The Balaban J connectivity index is 1.30. The highest BCUT2D eigenvalue weighted by molar-refractivity contribution is 6.35. The first-order chi connectivity index (χ1) is 21.1. The van der Waals surface area contributed by atoms with E-state index in [4.69, 9.17) is 32.7 Å². The summed E-state index contributed by atoms with van der Waals surface area (Å²) in [5.74, 6) is -1.01. The van der Waals surface area contributed by atoms with Crippen molar-refractivity contribution in [3.05, 3.63) is 45.6 Å². The molecule has 0 bridgehead atoms. The van der Waals surface area contributed by atoms with Gasteiger partial charge in [-0.3, -0.25) is 19.2 Å². The highest BCUT2D eigenvalue weighted by Crippen LogP contribution is 2.52. The highest BCUT2D eigenvalue weighted by Gasteiger charge is 2.60. The number of fused-ring (bicyclic) bond motifs is 1. The van der Waals surface area contributed by atoms with E-state index in [9.17, 15) is 19.2 Å². The number of carbonyl (C=O) groups is 4. The molecule has 238 valence electrons. The molecule has 44 heavy (non-hydrogen) atoms. The zero-order valence-electron chi connectivity index (χ0n) is 25.4. The molecule has 1 aromatic rings. The van der Waals surface area contributed by atoms with Crippen molar-refractivity contribution in [3.8, 4) is 0 Å². The van der Waals surface area contributed by atoms with Gasteiger partial charge in [-0.15, -0.1) is 0 Å². The van der Waals surface area contributed by atoms with Gasteiger partial charge >= 0.3 is 5.97 Å². The number of rotatable bonds is 7. The molecule has 9 nitrogen and oxygen atoms in total. The van der Waals surface area contributed by atoms with E-state index in [0.717, 1.165) is 38.5 Å². The fraction of sp³-hybridized carbons (Fsp3) is 0.636. The molecule has 1 aromatic carbocycles. The Morgan fingerprint density at radius 3 is 2.34 bits per heavy atom. The standard InChI is InChI=1S/C33H41Cl2N3O6/c1-20-33(32(42)43-2)18-24(15-29(39)36-11-13-37(14-12-36)30(40)22-7-8-22)31(41)38(19-23-9-10-25(34)16-26(23)35)28(33)17-27(44-20)21-5-3-4-6-21/h9-10,16-17,20-22,24,27H,3-8,11-15,18-19H2,1-2H3/t20-,24+,27-,33+/m1/s1. The van der Waals surface area contributed by atoms with Crippen molar-refractivity contribution in [3.63, 3.8) is 0 Å². The minimum atomic E-state index is -1.27. The SMILES string of the molecule is COC(=O)[C@]12C[C@H](CC(=O)N3CCN(C(=O)C4CC4)CC3)C(=O)N(Cc3ccc(Cl)cc3Cl)C1=C[C@H](C1CCCC1)O[C@@H]2C. The van der Waals surface area contributed by atoms with Gasteiger partial charge in [0, 0.05) is 60.2 Å². The minimum absolute atomic E-state index is 0.0505. The zero-order valence-corrected chi connectivity index (χ0v) is 26.9. The van der Waals surface area contributed by atoms with Crippen molar-refractivity contribution in [2.24, 2.45) is 23.2 Å². The van der Waals surface area contributed by atoms with Crippen LogP contribution in [-0.2, 0) is 35.2 Å². The number of carbonyl (C=O) groups excluding carboxylic acids is 4. The van der Waals surface area contributed by atoms with Crippen molar-refractivity contribution < 1.29 is 28.7 Å². The number of esters is 1. The minimum Gasteiger partial charge on any atom is -0.468 e. The van der Waals surface area contributed by atoms with Crippen LogP contribution in [0, 0.1) is 23.2 Å². The third-order valence-corrected chi connectivity index (χ3v) is 10.9. The topological polar surface area (TPSA) is 96.5 Å². The number of methoxy groups -OCH3 is 1. The number of piperazine rings is 1. The highest BCUT2D eigenvalue weighted by atomic mass is 35.5. The summed E-state index contributed by atoms with van der Waals surface area (Å²) in [4.78, 5) is 59.6. The summed E-state index contributed by atoms with van der Waals surface area (Å²) in [6.07, 6.45) is 7.41. The molecule has 0 radical (unpaired) electrons. The average molecular weight is 647 g/mol. The number of benzene rings is 1. The van der Waals surface area contributed by atoms with Crippen LogP contribution in [0.4, 0.5) is 0 Å². The van der Waals surface area contributed by atoms with Crippen molar-refractivity contribution in [1.29, 1.82) is 0 Å². The summed E-state index contributed by atoms with van der Waals surface area (Å²) in [6.45, 7) is 3.84. The van der Waals surface area contributed by atoms with Gasteiger partial charge < -0.3 is 24.2 Å². The largest absolute Gasteiger partial charge is 0.468 e. The van der Waals surface area contributed by atoms with E-state index in [0.29, 0.717) is 53.4 Å². The molecule has 0 spiro atoms. The van der Waals surface area contributed by atoms with Crippen LogP contribution in [0.25, 0.3) is 0 Å². The Kier molecular flexibility index (Phi) is 9.01. The molecule has 4 atom stereocenters. The van der Waals surface area contributed by atoms with Crippen molar-refractivity contribution >= 4 is 46.9 Å². The van der Waals surface area contributed by atoms with Crippen LogP contribution >= 0.6 is 23.2 Å². The maximum absolute atomic E-state index is 14.4. The fourth-order valence-corrected chi connectivity index (χ4v) is 8.10. The average Bonchev–Trinajstić information content (AvgIpc) is 3.72. The van der Waals surface area contributed by atoms with E-state index in [1.165, 1.54) is 7.11 Å². The molecule has 2 aliphatic carbocycles. The Morgan fingerprint density at radius 2 is 1.70 bits per heavy atom. The lowest BCUT2D eigenvalue weighted by atomic mass is 9.66. The van der Waals surface area contributed by atoms with E-state index in [1.54, 1.807) is 28.0 Å². The van der Waals surface area contributed by atoms with Gasteiger partial charge in [0.25, 0.3) is 0 Å². The third kappa shape index (κ3) is 5.87. The van der Waals surface area contributed by atoms with E-state index < -0.39 is 23.4 Å². The van der Waals surface area contributed by atoms with Crippen LogP contribution in [-0.4, -0.2) is 83.9 Å². The maximum atomic E-state index is 14.4. The van der Waals surface area contributed by atoms with E-state index >= 15 is 0 Å². The normalized spacial score (nSPS) is 29.4. The number of hydrogen-bond acceptors (Lipinski definition) is 6. The third-order valence-electron chi connectivity index (χ3n) is 10.4. The van der Waals surface area contributed by atoms with Crippen LogP contribution < -0.4 is 0 Å². The molecule has 0 unspecified atom stereocenters. The lowest BCUT2D eigenvalue weighted by Crippen LogP contribution is -2.60. The molecule has 0 N–H and O–H groups in total. The van der Waals surface area contributed by atoms with Gasteiger partial charge in [0.2, 0.25) is 17.7 Å². The van der Waals surface area contributed by atoms with Crippen LogP contribution in [0.1, 0.15) is 63.9 Å². The second-order valence-electron chi connectivity index (χ2n) is 13.0. The zero-order chi connectivity index (χ0) is 31.2. The number of ether oxygens (including phenoxy) is 2. The number of halogens is 2. The van der Waals surface area contributed by atoms with Crippen LogP contribution in [0.15, 0.2) is 30.0 Å². The molecule has 4 fully saturated rings. The van der Waals surface area contributed by atoms with Gasteiger partial charge in [0.05, 0.1) is 25.9 Å². The molecule has 5 aliphatic rings. The van der Waals surface area contributed by atoms with Gasteiger partial charge in [-0.1, -0.05) is 42.1 Å². The molecule has 3 amide bonds. The summed E-state index contributed by atoms with van der Waals surface area (Å²) in [6, 6.07) is 5.14. The lowest BCUT2D eigenvalue weighted by molar-refractivity contribution is -0.178. The Morgan fingerprint density at radius 1 is 1.02 bits per heavy atom. The van der Waals surface area contributed by atoms with Gasteiger partial charge in [-0.25, -0.2) is 0 Å². The molecule has 3 heterocycles. The van der Waals surface area contributed by atoms with Crippen LogP contribution in [0.5, 0.6) is 0 Å². The molecule has 6 rings (SSSR count). The summed E-state index contributed by atoms with van der Waals surface area (Å²) in [7, 11) is 1.35. The summed E-state index contributed by atoms with van der Waals surface area (Å²) in [5.41, 5.74) is -0.00670.